The van der Waals surface area contributed by atoms with Gasteiger partial charge < -0.3 is 4.74 Å². The molecular formula is C5H9NaO2. The number of rotatable bonds is 2. The van der Waals surface area contributed by atoms with Crippen LogP contribution in [0.5, 0.6) is 0 Å². The number of ether oxygens (including phenoxy) is 1. The van der Waals surface area contributed by atoms with E-state index in [0.717, 1.165) is 6.08 Å². The third-order valence-corrected chi connectivity index (χ3v) is 0.453. The van der Waals surface area contributed by atoms with Crippen molar-refractivity contribution in [3.63, 3.8) is 0 Å². The number of hydrogen-bond donors (Lipinski definition) is 0. The Kier molecular flexibility index (Phi) is 9.97. The van der Waals surface area contributed by atoms with Gasteiger partial charge >= 0.3 is 35.5 Å². The SMILES string of the molecule is C=CC(=O)OCC.[NaH]. The minimum atomic E-state index is -0.359. The molecule has 0 heterocycles. The number of carbonyl (C=O) groups is 1. The summed E-state index contributed by atoms with van der Waals surface area (Å²) < 4.78 is 4.43. The van der Waals surface area contributed by atoms with Gasteiger partial charge in [0, 0.05) is 6.08 Å². The molecule has 0 N–H and O–H groups in total. The standard InChI is InChI=1S/C5H8O2.Na.H/c1-3-5(6)7-4-2;;/h3H,1,4H2,2H3;;. The van der Waals surface area contributed by atoms with E-state index in [4.69, 9.17) is 0 Å². The van der Waals surface area contributed by atoms with Crippen LogP contribution in [0.2, 0.25) is 0 Å². The van der Waals surface area contributed by atoms with Gasteiger partial charge in [-0.05, 0) is 6.92 Å². The van der Waals surface area contributed by atoms with Crippen molar-refractivity contribution in [1.29, 1.82) is 0 Å². The van der Waals surface area contributed by atoms with Gasteiger partial charge in [0.25, 0.3) is 0 Å². The van der Waals surface area contributed by atoms with Crippen LogP contribution in [0.1, 0.15) is 6.92 Å². The Morgan fingerprint density at radius 1 is 1.88 bits per heavy atom. The van der Waals surface area contributed by atoms with Crippen LogP contribution >= 0.6 is 0 Å². The van der Waals surface area contributed by atoms with Crippen molar-refractivity contribution in [2.45, 2.75) is 6.92 Å². The first-order valence-electron chi connectivity index (χ1n) is 2.10. The van der Waals surface area contributed by atoms with E-state index in [1.807, 2.05) is 0 Å². The molecule has 8 heavy (non-hydrogen) atoms. The molecule has 0 atom stereocenters. The molecule has 3 heteroatoms. The topological polar surface area (TPSA) is 26.3 Å². The summed E-state index contributed by atoms with van der Waals surface area (Å²) in [5.41, 5.74) is 0. The van der Waals surface area contributed by atoms with E-state index >= 15 is 0 Å². The van der Waals surface area contributed by atoms with Crippen molar-refractivity contribution in [1.82, 2.24) is 0 Å². The molecule has 0 amide bonds. The Balaban J connectivity index is 0. The van der Waals surface area contributed by atoms with E-state index in [1.165, 1.54) is 0 Å². The molecule has 0 aromatic carbocycles. The predicted molar refractivity (Wildman–Crippen MR) is 34.0 cm³/mol. The van der Waals surface area contributed by atoms with Crippen LogP contribution < -0.4 is 0 Å². The zero-order valence-electron chi connectivity index (χ0n) is 4.31. The van der Waals surface area contributed by atoms with Gasteiger partial charge in [-0.2, -0.15) is 0 Å². The molecule has 0 spiro atoms. The van der Waals surface area contributed by atoms with Crippen molar-refractivity contribution in [2.75, 3.05) is 6.61 Å². The molecule has 0 rings (SSSR count). The Hall–Kier alpha value is 0.210. The van der Waals surface area contributed by atoms with Crippen molar-refractivity contribution < 1.29 is 9.53 Å². The maximum atomic E-state index is 10.1. The monoisotopic (exact) mass is 124 g/mol. The molecule has 0 saturated heterocycles. The molecule has 0 saturated carbocycles. The van der Waals surface area contributed by atoms with Crippen LogP contribution in [0.3, 0.4) is 0 Å². The molecule has 0 unspecified atom stereocenters. The third kappa shape index (κ3) is 6.21. The first-order valence-corrected chi connectivity index (χ1v) is 2.10. The summed E-state index contributed by atoms with van der Waals surface area (Å²) >= 11 is 0. The Morgan fingerprint density at radius 3 is 2.50 bits per heavy atom. The second-order valence-corrected chi connectivity index (χ2v) is 0.956. The zero-order valence-corrected chi connectivity index (χ0v) is 4.31. The fourth-order valence-electron chi connectivity index (χ4n) is 0.201. The van der Waals surface area contributed by atoms with Crippen LogP contribution in [-0.4, -0.2) is 42.1 Å². The molecule has 2 nitrogen and oxygen atoms in total. The summed E-state index contributed by atoms with van der Waals surface area (Å²) in [6, 6.07) is 0. The summed E-state index contributed by atoms with van der Waals surface area (Å²) in [6.07, 6.45) is 1.14. The molecule has 0 aromatic heterocycles. The number of hydrogen-bond acceptors (Lipinski definition) is 2. The van der Waals surface area contributed by atoms with E-state index in [-0.39, 0.29) is 35.5 Å². The normalized spacial score (nSPS) is 6.62. The first-order chi connectivity index (χ1) is 3.31. The summed E-state index contributed by atoms with van der Waals surface area (Å²) in [6.45, 7) is 5.38. The van der Waals surface area contributed by atoms with E-state index in [0.29, 0.717) is 6.61 Å². The summed E-state index contributed by atoms with van der Waals surface area (Å²) in [5.74, 6) is -0.359. The number of esters is 1. The van der Waals surface area contributed by atoms with Gasteiger partial charge in [-0.25, -0.2) is 4.79 Å². The quantitative estimate of drug-likeness (QED) is 0.296. The zero-order chi connectivity index (χ0) is 5.70. The average molecular weight is 124 g/mol. The van der Waals surface area contributed by atoms with Gasteiger partial charge in [-0.1, -0.05) is 6.58 Å². The molecule has 0 aromatic rings. The third-order valence-electron chi connectivity index (χ3n) is 0.453. The fraction of sp³-hybridized carbons (Fsp3) is 0.400. The molecule has 0 bridgehead atoms. The molecule has 0 aliphatic rings. The van der Waals surface area contributed by atoms with Gasteiger partial charge in [0.1, 0.15) is 0 Å². The van der Waals surface area contributed by atoms with Crippen LogP contribution in [0.25, 0.3) is 0 Å². The van der Waals surface area contributed by atoms with Crippen LogP contribution in [0, 0.1) is 0 Å². The van der Waals surface area contributed by atoms with Crippen molar-refractivity contribution in [2.24, 2.45) is 0 Å². The van der Waals surface area contributed by atoms with E-state index in [9.17, 15) is 4.79 Å². The summed E-state index contributed by atoms with van der Waals surface area (Å²) in [4.78, 5) is 10.1. The Morgan fingerprint density at radius 2 is 2.38 bits per heavy atom. The van der Waals surface area contributed by atoms with E-state index < -0.39 is 0 Å². The van der Waals surface area contributed by atoms with E-state index in [2.05, 4.69) is 11.3 Å². The summed E-state index contributed by atoms with van der Waals surface area (Å²) in [7, 11) is 0. The van der Waals surface area contributed by atoms with Gasteiger partial charge in [0.2, 0.25) is 0 Å². The van der Waals surface area contributed by atoms with Gasteiger partial charge in [0.15, 0.2) is 0 Å². The minimum absolute atomic E-state index is 0. The predicted octanol–water partition coefficient (Wildman–Crippen LogP) is 0.0870. The second kappa shape index (κ2) is 7.21. The average Bonchev–Trinajstić information content (AvgIpc) is 1.68. The van der Waals surface area contributed by atoms with Crippen LogP contribution in [-0.2, 0) is 9.53 Å². The van der Waals surface area contributed by atoms with Crippen molar-refractivity contribution >= 4 is 35.5 Å². The van der Waals surface area contributed by atoms with Gasteiger partial charge in [-0.15, -0.1) is 0 Å². The van der Waals surface area contributed by atoms with Gasteiger partial charge in [0.05, 0.1) is 6.61 Å². The van der Waals surface area contributed by atoms with Crippen molar-refractivity contribution in [3.05, 3.63) is 12.7 Å². The van der Waals surface area contributed by atoms with Crippen LogP contribution in [0.4, 0.5) is 0 Å². The first kappa shape index (κ1) is 11.1. The Labute approximate surface area is 71.2 Å². The molecule has 0 aliphatic heterocycles. The van der Waals surface area contributed by atoms with Gasteiger partial charge in [-0.3, -0.25) is 0 Å². The maximum absolute atomic E-state index is 10.1. The molecule has 42 valence electrons. The molecule has 0 aliphatic carbocycles. The second-order valence-electron chi connectivity index (χ2n) is 0.956. The van der Waals surface area contributed by atoms with E-state index in [1.54, 1.807) is 6.92 Å². The molecular weight excluding hydrogens is 115 g/mol. The number of carbonyl (C=O) groups excluding carboxylic acids is 1. The molecule has 0 fully saturated rings. The fourth-order valence-corrected chi connectivity index (χ4v) is 0.201. The molecule has 0 radical (unpaired) electrons. The van der Waals surface area contributed by atoms with Crippen LogP contribution in [0.15, 0.2) is 12.7 Å². The Bertz CT molecular complexity index is 80.5. The summed E-state index contributed by atoms with van der Waals surface area (Å²) in [5, 5.41) is 0. The van der Waals surface area contributed by atoms with Crippen molar-refractivity contribution in [3.8, 4) is 0 Å².